The zero-order valence-corrected chi connectivity index (χ0v) is 17.8. The summed E-state index contributed by atoms with van der Waals surface area (Å²) < 4.78 is 0. The van der Waals surface area contributed by atoms with Gasteiger partial charge in [-0.25, -0.2) is 0 Å². The Hall–Kier alpha value is -0.830. The number of carbonyl (C=O) groups excluding carboxylic acids is 1. The maximum Gasteiger partial charge on any atom is 0.220 e. The molecule has 26 heavy (non-hydrogen) atoms. The van der Waals surface area contributed by atoms with E-state index in [-0.39, 0.29) is 12.0 Å². The summed E-state index contributed by atoms with van der Waals surface area (Å²) in [5, 5.41) is 13.0. The number of aliphatic hydroxyl groups is 1. The van der Waals surface area contributed by atoms with E-state index in [0.717, 1.165) is 51.4 Å². The summed E-state index contributed by atoms with van der Waals surface area (Å²) in [6.45, 7) is 6.44. The van der Waals surface area contributed by atoms with Gasteiger partial charge in [-0.05, 0) is 45.4 Å². The Labute approximate surface area is 163 Å². The van der Waals surface area contributed by atoms with Crippen LogP contribution in [0.5, 0.6) is 0 Å². The van der Waals surface area contributed by atoms with E-state index in [0.29, 0.717) is 12.5 Å². The van der Waals surface area contributed by atoms with Crippen LogP contribution in [0.25, 0.3) is 0 Å². The van der Waals surface area contributed by atoms with Crippen molar-refractivity contribution < 1.29 is 9.90 Å². The molecule has 3 heteroatoms. The number of carbonyl (C=O) groups is 1. The van der Waals surface area contributed by atoms with Crippen molar-refractivity contribution in [3.8, 4) is 0 Å². The van der Waals surface area contributed by atoms with Gasteiger partial charge < -0.3 is 10.4 Å². The lowest BCUT2D eigenvalue weighted by molar-refractivity contribution is -0.121. The van der Waals surface area contributed by atoms with Crippen molar-refractivity contribution in [2.24, 2.45) is 0 Å². The van der Waals surface area contributed by atoms with E-state index in [2.05, 4.69) is 38.2 Å². The summed E-state index contributed by atoms with van der Waals surface area (Å²) in [5.41, 5.74) is 0. The second-order valence-electron chi connectivity index (χ2n) is 7.77. The minimum atomic E-state index is -0.158. The number of hydrogen-bond donors (Lipinski definition) is 2. The maximum atomic E-state index is 11.7. The monoisotopic (exact) mass is 367 g/mol. The van der Waals surface area contributed by atoms with Crippen molar-refractivity contribution >= 4 is 5.91 Å². The molecule has 154 valence electrons. The molecule has 0 bridgehead atoms. The average molecular weight is 368 g/mol. The van der Waals surface area contributed by atoms with Crippen LogP contribution in [0.15, 0.2) is 12.2 Å². The number of allylic oxidation sites excluding steroid dienone is 1. The summed E-state index contributed by atoms with van der Waals surface area (Å²) in [5.74, 6) is 0.210. The molecule has 0 fully saturated rings. The highest BCUT2D eigenvalue weighted by atomic mass is 16.3. The van der Waals surface area contributed by atoms with Gasteiger partial charge in [-0.3, -0.25) is 4.79 Å². The molecule has 0 radical (unpaired) electrons. The Bertz CT molecular complexity index is 341. The van der Waals surface area contributed by atoms with Crippen molar-refractivity contribution in [3.63, 3.8) is 0 Å². The van der Waals surface area contributed by atoms with E-state index in [1.54, 1.807) is 0 Å². The number of amides is 1. The third-order valence-corrected chi connectivity index (χ3v) is 4.87. The van der Waals surface area contributed by atoms with Gasteiger partial charge in [0.25, 0.3) is 0 Å². The summed E-state index contributed by atoms with van der Waals surface area (Å²) in [6, 6.07) is 0.314. The van der Waals surface area contributed by atoms with Crippen LogP contribution in [0, 0.1) is 0 Å². The predicted molar refractivity (Wildman–Crippen MR) is 113 cm³/mol. The molecule has 0 heterocycles. The maximum absolute atomic E-state index is 11.7. The van der Waals surface area contributed by atoms with Gasteiger partial charge in [-0.1, -0.05) is 77.4 Å². The topological polar surface area (TPSA) is 49.3 Å². The smallest absolute Gasteiger partial charge is 0.220 e. The molecular weight excluding hydrogens is 322 g/mol. The molecule has 0 aliphatic carbocycles. The molecule has 0 saturated heterocycles. The molecule has 0 spiro atoms. The Morgan fingerprint density at radius 3 is 2.31 bits per heavy atom. The molecule has 2 atom stereocenters. The van der Waals surface area contributed by atoms with Crippen LogP contribution >= 0.6 is 0 Å². The van der Waals surface area contributed by atoms with Crippen molar-refractivity contribution in [3.05, 3.63) is 12.2 Å². The van der Waals surface area contributed by atoms with E-state index < -0.39 is 0 Å². The number of nitrogens with one attached hydrogen (secondary N) is 1. The van der Waals surface area contributed by atoms with Crippen molar-refractivity contribution in [2.75, 3.05) is 0 Å². The third kappa shape index (κ3) is 18.0. The molecule has 0 aliphatic rings. The van der Waals surface area contributed by atoms with E-state index in [4.69, 9.17) is 0 Å². The minimum absolute atomic E-state index is 0.158. The van der Waals surface area contributed by atoms with Crippen molar-refractivity contribution in [2.45, 2.75) is 129 Å². The molecule has 0 aromatic heterocycles. The van der Waals surface area contributed by atoms with Gasteiger partial charge in [0, 0.05) is 12.5 Å². The molecule has 1 amide bonds. The highest BCUT2D eigenvalue weighted by Crippen LogP contribution is 2.10. The van der Waals surface area contributed by atoms with Gasteiger partial charge in [-0.2, -0.15) is 0 Å². The zero-order chi connectivity index (χ0) is 19.5. The van der Waals surface area contributed by atoms with Gasteiger partial charge in [-0.15, -0.1) is 0 Å². The fraction of sp³-hybridized carbons (Fsp3) is 0.870. The van der Waals surface area contributed by atoms with Gasteiger partial charge >= 0.3 is 0 Å². The SMILES string of the molecule is CCCCCC[C@@H](O)C/C=C\CCCCCCCC(=O)NC(C)CCC. The first-order chi connectivity index (χ1) is 12.6. The van der Waals surface area contributed by atoms with Gasteiger partial charge in [0.05, 0.1) is 6.10 Å². The van der Waals surface area contributed by atoms with Gasteiger partial charge in [0.1, 0.15) is 0 Å². The fourth-order valence-electron chi connectivity index (χ4n) is 3.23. The second-order valence-corrected chi connectivity index (χ2v) is 7.77. The fourth-order valence-corrected chi connectivity index (χ4v) is 3.23. The zero-order valence-electron chi connectivity index (χ0n) is 17.8. The number of aliphatic hydroxyl groups excluding tert-OH is 1. The largest absolute Gasteiger partial charge is 0.393 e. The molecule has 2 N–H and O–H groups in total. The first-order valence-electron chi connectivity index (χ1n) is 11.2. The van der Waals surface area contributed by atoms with Crippen LogP contribution < -0.4 is 5.32 Å². The Balaban J connectivity index is 3.38. The molecule has 1 unspecified atom stereocenters. The van der Waals surface area contributed by atoms with E-state index in [9.17, 15) is 9.90 Å². The van der Waals surface area contributed by atoms with Crippen LogP contribution in [0.1, 0.15) is 117 Å². The highest BCUT2D eigenvalue weighted by molar-refractivity contribution is 5.76. The Morgan fingerprint density at radius 1 is 0.885 bits per heavy atom. The number of hydrogen-bond acceptors (Lipinski definition) is 2. The first kappa shape index (κ1) is 25.2. The predicted octanol–water partition coefficient (Wildman–Crippen LogP) is 6.30. The quantitative estimate of drug-likeness (QED) is 0.221. The lowest BCUT2D eigenvalue weighted by Crippen LogP contribution is -2.32. The standard InChI is InChI=1S/C23H45NO2/c1-4-6-7-14-18-22(25)19-15-12-10-8-9-11-13-16-20-23(26)24-21(3)17-5-2/h12,15,21-22,25H,4-11,13-14,16-20H2,1-3H3,(H,24,26)/b15-12-/t21?,22-/m1/s1. The third-order valence-electron chi connectivity index (χ3n) is 4.87. The van der Waals surface area contributed by atoms with E-state index >= 15 is 0 Å². The molecular formula is C23H45NO2. The first-order valence-corrected chi connectivity index (χ1v) is 11.2. The molecule has 0 saturated carbocycles. The van der Waals surface area contributed by atoms with E-state index in [1.165, 1.54) is 38.5 Å². The van der Waals surface area contributed by atoms with Crippen LogP contribution in [-0.4, -0.2) is 23.2 Å². The van der Waals surface area contributed by atoms with Crippen molar-refractivity contribution in [1.82, 2.24) is 5.32 Å². The number of unbranched alkanes of at least 4 members (excludes halogenated alkanes) is 8. The molecule has 0 aromatic rings. The summed E-state index contributed by atoms with van der Waals surface area (Å²) in [7, 11) is 0. The van der Waals surface area contributed by atoms with Crippen LogP contribution in [-0.2, 0) is 4.79 Å². The molecule has 0 aromatic carbocycles. The lowest BCUT2D eigenvalue weighted by Gasteiger charge is -2.12. The minimum Gasteiger partial charge on any atom is -0.393 e. The highest BCUT2D eigenvalue weighted by Gasteiger charge is 2.05. The molecule has 0 aliphatic heterocycles. The lowest BCUT2D eigenvalue weighted by atomic mass is 10.1. The summed E-state index contributed by atoms with van der Waals surface area (Å²) in [4.78, 5) is 11.7. The molecule has 3 nitrogen and oxygen atoms in total. The van der Waals surface area contributed by atoms with Crippen LogP contribution in [0.3, 0.4) is 0 Å². The van der Waals surface area contributed by atoms with Gasteiger partial charge in [0.2, 0.25) is 5.91 Å². The Kier molecular flexibility index (Phi) is 18.3. The normalized spacial score (nSPS) is 13.8. The average Bonchev–Trinajstić information content (AvgIpc) is 2.60. The summed E-state index contributed by atoms with van der Waals surface area (Å²) in [6.07, 6.45) is 20.7. The molecule has 0 rings (SSSR count). The van der Waals surface area contributed by atoms with Crippen LogP contribution in [0.2, 0.25) is 0 Å². The Morgan fingerprint density at radius 2 is 1.58 bits per heavy atom. The van der Waals surface area contributed by atoms with Crippen molar-refractivity contribution in [1.29, 1.82) is 0 Å². The second kappa shape index (κ2) is 18.9. The summed E-state index contributed by atoms with van der Waals surface area (Å²) >= 11 is 0. The van der Waals surface area contributed by atoms with E-state index in [1.807, 2.05) is 0 Å². The number of rotatable bonds is 18. The van der Waals surface area contributed by atoms with Gasteiger partial charge in [0.15, 0.2) is 0 Å². The van der Waals surface area contributed by atoms with Crippen LogP contribution in [0.4, 0.5) is 0 Å².